The number of piperidine rings is 1. The summed E-state index contributed by atoms with van der Waals surface area (Å²) in [5.74, 6) is -0.480. The number of pyridine rings is 1. The van der Waals surface area contributed by atoms with Gasteiger partial charge < -0.3 is 15.0 Å². The van der Waals surface area contributed by atoms with Crippen molar-refractivity contribution in [1.29, 1.82) is 0 Å². The van der Waals surface area contributed by atoms with E-state index in [1.54, 1.807) is 11.0 Å². The van der Waals surface area contributed by atoms with Gasteiger partial charge in [0.1, 0.15) is 0 Å². The largest absolute Gasteiger partial charge is 0.379 e. The summed E-state index contributed by atoms with van der Waals surface area (Å²) >= 11 is 0. The highest BCUT2D eigenvalue weighted by molar-refractivity contribution is 5.94. The standard InChI is InChI=1S/C19H24FN3O3/c20-16-11-14(3-7-21-16)18(25)23-8-4-19(5-9-23)6-10-26-12-15(19)22-17(24)13-1-2-13/h3,7,11,13,15H,1-2,4-6,8-10,12H2,(H,22,24)/t15-/m0/s1. The minimum Gasteiger partial charge on any atom is -0.379 e. The third-order valence-corrected chi connectivity index (χ3v) is 6.05. The molecule has 2 aliphatic heterocycles. The van der Waals surface area contributed by atoms with Crippen molar-refractivity contribution < 1.29 is 18.7 Å². The maximum absolute atomic E-state index is 13.3. The van der Waals surface area contributed by atoms with Crippen molar-refractivity contribution in [2.45, 2.75) is 38.1 Å². The number of carbonyl (C=O) groups excluding carboxylic acids is 2. The normalized spacial score (nSPS) is 25.1. The molecule has 1 aromatic rings. The van der Waals surface area contributed by atoms with Gasteiger partial charge >= 0.3 is 0 Å². The van der Waals surface area contributed by atoms with E-state index >= 15 is 0 Å². The van der Waals surface area contributed by atoms with Crippen molar-refractivity contribution in [1.82, 2.24) is 15.2 Å². The number of likely N-dealkylation sites (tertiary alicyclic amines) is 1. The number of halogens is 1. The molecule has 1 spiro atoms. The summed E-state index contributed by atoms with van der Waals surface area (Å²) in [5, 5.41) is 3.20. The zero-order valence-electron chi connectivity index (χ0n) is 14.7. The predicted molar refractivity (Wildman–Crippen MR) is 91.9 cm³/mol. The molecule has 6 nitrogen and oxygen atoms in total. The topological polar surface area (TPSA) is 71.5 Å². The van der Waals surface area contributed by atoms with E-state index in [1.807, 2.05) is 0 Å². The van der Waals surface area contributed by atoms with Gasteiger partial charge in [0.05, 0.1) is 12.6 Å². The Kier molecular flexibility index (Phi) is 4.65. The van der Waals surface area contributed by atoms with E-state index in [1.165, 1.54) is 12.3 Å². The molecule has 0 unspecified atom stereocenters. The molecule has 0 aromatic carbocycles. The second-order valence-electron chi connectivity index (χ2n) is 7.68. The number of ether oxygens (including phenoxy) is 1. The molecule has 3 fully saturated rings. The first-order valence-electron chi connectivity index (χ1n) is 9.36. The van der Waals surface area contributed by atoms with Crippen LogP contribution in [0.3, 0.4) is 0 Å². The summed E-state index contributed by atoms with van der Waals surface area (Å²) in [4.78, 5) is 30.1. The second-order valence-corrected chi connectivity index (χ2v) is 7.68. The zero-order chi connectivity index (χ0) is 18.1. The van der Waals surface area contributed by atoms with Gasteiger partial charge in [-0.2, -0.15) is 4.39 Å². The summed E-state index contributed by atoms with van der Waals surface area (Å²) in [7, 11) is 0. The number of nitrogens with zero attached hydrogens (tertiary/aromatic N) is 2. The first kappa shape index (κ1) is 17.4. The summed E-state index contributed by atoms with van der Waals surface area (Å²) in [6.07, 6.45) is 5.83. The molecular formula is C19H24FN3O3. The van der Waals surface area contributed by atoms with Gasteiger partial charge in [0, 0.05) is 43.4 Å². The lowest BCUT2D eigenvalue weighted by Gasteiger charge is -2.49. The number of nitrogens with one attached hydrogen (secondary N) is 1. The fourth-order valence-corrected chi connectivity index (χ4v) is 4.13. The molecular weight excluding hydrogens is 337 g/mol. The summed E-state index contributed by atoms with van der Waals surface area (Å²) in [6.45, 7) is 2.46. The maximum atomic E-state index is 13.3. The predicted octanol–water partition coefficient (Wildman–Crippen LogP) is 1.76. The van der Waals surface area contributed by atoms with Crippen LogP contribution in [-0.2, 0) is 9.53 Å². The van der Waals surface area contributed by atoms with Crippen molar-refractivity contribution in [3.05, 3.63) is 29.8 Å². The fraction of sp³-hybridized carbons (Fsp3) is 0.632. The van der Waals surface area contributed by atoms with Crippen molar-refractivity contribution in [2.75, 3.05) is 26.3 Å². The second kappa shape index (κ2) is 6.95. The van der Waals surface area contributed by atoms with E-state index in [9.17, 15) is 14.0 Å². The van der Waals surface area contributed by atoms with Crippen LogP contribution in [0.1, 0.15) is 42.5 Å². The van der Waals surface area contributed by atoms with Crippen molar-refractivity contribution >= 4 is 11.8 Å². The molecule has 1 saturated carbocycles. The Balaban J connectivity index is 1.41. The molecule has 1 aliphatic carbocycles. The van der Waals surface area contributed by atoms with Crippen LogP contribution in [0.5, 0.6) is 0 Å². The molecule has 3 heterocycles. The minimum absolute atomic E-state index is 0.0108. The third kappa shape index (κ3) is 3.45. The molecule has 140 valence electrons. The Morgan fingerprint density at radius 3 is 2.73 bits per heavy atom. The molecule has 3 aliphatic rings. The molecule has 0 bridgehead atoms. The molecule has 4 rings (SSSR count). The Morgan fingerprint density at radius 1 is 1.27 bits per heavy atom. The summed E-state index contributed by atoms with van der Waals surface area (Å²) in [5.41, 5.74) is 0.322. The van der Waals surface area contributed by atoms with Crippen LogP contribution >= 0.6 is 0 Å². The number of hydrogen-bond donors (Lipinski definition) is 1. The lowest BCUT2D eigenvalue weighted by Crippen LogP contribution is -2.58. The molecule has 1 N–H and O–H groups in total. The molecule has 2 saturated heterocycles. The molecule has 2 amide bonds. The van der Waals surface area contributed by atoms with Gasteiger partial charge in [-0.3, -0.25) is 9.59 Å². The average molecular weight is 361 g/mol. The smallest absolute Gasteiger partial charge is 0.254 e. The third-order valence-electron chi connectivity index (χ3n) is 6.05. The van der Waals surface area contributed by atoms with Crippen LogP contribution in [0.15, 0.2) is 18.3 Å². The van der Waals surface area contributed by atoms with E-state index in [4.69, 9.17) is 4.74 Å². The highest BCUT2D eigenvalue weighted by atomic mass is 19.1. The molecule has 0 radical (unpaired) electrons. The highest BCUT2D eigenvalue weighted by Crippen LogP contribution is 2.42. The Hall–Kier alpha value is -2.02. The summed E-state index contributed by atoms with van der Waals surface area (Å²) in [6, 6.07) is 2.74. The van der Waals surface area contributed by atoms with Gasteiger partial charge in [0.2, 0.25) is 11.9 Å². The quantitative estimate of drug-likeness (QED) is 0.833. The van der Waals surface area contributed by atoms with Gasteiger partial charge in [0.25, 0.3) is 5.91 Å². The zero-order valence-corrected chi connectivity index (χ0v) is 14.7. The Labute approximate surface area is 152 Å². The van der Waals surface area contributed by atoms with Crippen molar-refractivity contribution in [3.63, 3.8) is 0 Å². The van der Waals surface area contributed by atoms with E-state index in [0.717, 1.165) is 32.1 Å². The number of carbonyl (C=O) groups is 2. The van der Waals surface area contributed by atoms with Crippen LogP contribution in [-0.4, -0.2) is 54.0 Å². The van der Waals surface area contributed by atoms with E-state index in [2.05, 4.69) is 10.3 Å². The van der Waals surface area contributed by atoms with Gasteiger partial charge in [-0.25, -0.2) is 4.98 Å². The Morgan fingerprint density at radius 2 is 2.04 bits per heavy atom. The maximum Gasteiger partial charge on any atom is 0.254 e. The average Bonchev–Trinajstić information content (AvgIpc) is 3.49. The first-order chi connectivity index (χ1) is 12.6. The number of amides is 2. The van der Waals surface area contributed by atoms with Crippen LogP contribution in [0.25, 0.3) is 0 Å². The van der Waals surface area contributed by atoms with Crippen LogP contribution in [0.4, 0.5) is 4.39 Å². The van der Waals surface area contributed by atoms with Crippen molar-refractivity contribution in [2.24, 2.45) is 11.3 Å². The van der Waals surface area contributed by atoms with E-state index in [0.29, 0.717) is 31.9 Å². The van der Waals surface area contributed by atoms with Crippen molar-refractivity contribution in [3.8, 4) is 0 Å². The van der Waals surface area contributed by atoms with Gasteiger partial charge in [-0.05, 0) is 43.6 Å². The first-order valence-corrected chi connectivity index (χ1v) is 9.36. The molecule has 1 aromatic heterocycles. The molecule has 7 heteroatoms. The molecule has 1 atom stereocenters. The van der Waals surface area contributed by atoms with Crippen LogP contribution in [0, 0.1) is 17.3 Å². The van der Waals surface area contributed by atoms with Gasteiger partial charge in [0.15, 0.2) is 0 Å². The van der Waals surface area contributed by atoms with Crippen LogP contribution < -0.4 is 5.32 Å². The Bertz CT molecular complexity index is 699. The van der Waals surface area contributed by atoms with Crippen LogP contribution in [0.2, 0.25) is 0 Å². The summed E-state index contributed by atoms with van der Waals surface area (Å²) < 4.78 is 18.9. The molecule has 26 heavy (non-hydrogen) atoms. The minimum atomic E-state index is -0.642. The van der Waals surface area contributed by atoms with Gasteiger partial charge in [-0.1, -0.05) is 0 Å². The fourth-order valence-electron chi connectivity index (χ4n) is 4.13. The lowest BCUT2D eigenvalue weighted by molar-refractivity contribution is -0.127. The monoisotopic (exact) mass is 361 g/mol. The number of hydrogen-bond acceptors (Lipinski definition) is 4. The lowest BCUT2D eigenvalue weighted by atomic mass is 9.69. The van der Waals surface area contributed by atoms with E-state index in [-0.39, 0.29) is 29.2 Å². The van der Waals surface area contributed by atoms with E-state index < -0.39 is 5.95 Å². The highest BCUT2D eigenvalue weighted by Gasteiger charge is 2.46. The SMILES string of the molecule is O=C(N[C@H]1COCCC12CCN(C(=O)c1ccnc(F)c1)CC2)C1CC1. The number of aromatic nitrogens is 1. The number of rotatable bonds is 3. The van der Waals surface area contributed by atoms with Gasteiger partial charge in [-0.15, -0.1) is 0 Å².